The predicted octanol–water partition coefficient (Wildman–Crippen LogP) is 3.42. The molecule has 0 bridgehead atoms. The number of nitrogens with one attached hydrogen (secondary N) is 2. The SMILES string of the molecule is FC(F)COCCNC1CCCc2c1[nH]c1ccccc21. The van der Waals surface area contributed by atoms with Crippen LogP contribution in [0.25, 0.3) is 10.9 Å². The highest BCUT2D eigenvalue weighted by atomic mass is 19.3. The maximum atomic E-state index is 12.0. The highest BCUT2D eigenvalue weighted by Gasteiger charge is 2.23. The van der Waals surface area contributed by atoms with Gasteiger partial charge in [-0.15, -0.1) is 0 Å². The Kier molecular flexibility index (Phi) is 4.51. The van der Waals surface area contributed by atoms with Gasteiger partial charge in [-0.3, -0.25) is 0 Å². The van der Waals surface area contributed by atoms with Gasteiger partial charge in [-0.2, -0.15) is 0 Å². The van der Waals surface area contributed by atoms with E-state index in [1.54, 1.807) is 0 Å². The van der Waals surface area contributed by atoms with Gasteiger partial charge in [0.2, 0.25) is 0 Å². The topological polar surface area (TPSA) is 37.0 Å². The number of hydrogen-bond donors (Lipinski definition) is 2. The Hall–Kier alpha value is -1.46. The average Bonchev–Trinajstić information content (AvgIpc) is 2.86. The largest absolute Gasteiger partial charge is 0.374 e. The molecule has 0 amide bonds. The van der Waals surface area contributed by atoms with Crippen molar-refractivity contribution in [3.8, 4) is 0 Å². The van der Waals surface area contributed by atoms with Crippen molar-refractivity contribution in [3.05, 3.63) is 35.5 Å². The molecule has 2 N–H and O–H groups in total. The van der Waals surface area contributed by atoms with Gasteiger partial charge in [-0.05, 0) is 30.9 Å². The fourth-order valence-electron chi connectivity index (χ4n) is 3.10. The van der Waals surface area contributed by atoms with Crippen LogP contribution in [-0.2, 0) is 11.2 Å². The van der Waals surface area contributed by atoms with E-state index in [0.717, 1.165) is 19.3 Å². The third-order valence-electron chi connectivity index (χ3n) is 4.00. The third-order valence-corrected chi connectivity index (χ3v) is 4.00. The van der Waals surface area contributed by atoms with Crippen molar-refractivity contribution in [1.29, 1.82) is 0 Å². The minimum Gasteiger partial charge on any atom is -0.374 e. The fourth-order valence-corrected chi connectivity index (χ4v) is 3.10. The summed E-state index contributed by atoms with van der Waals surface area (Å²) in [7, 11) is 0. The quantitative estimate of drug-likeness (QED) is 0.801. The number of alkyl halides is 2. The molecule has 1 aromatic heterocycles. The van der Waals surface area contributed by atoms with Gasteiger partial charge in [0, 0.05) is 29.2 Å². The first-order valence-electron chi connectivity index (χ1n) is 7.44. The fraction of sp³-hybridized carbons (Fsp3) is 0.500. The van der Waals surface area contributed by atoms with Crippen LogP contribution < -0.4 is 5.32 Å². The summed E-state index contributed by atoms with van der Waals surface area (Å²) >= 11 is 0. The van der Waals surface area contributed by atoms with E-state index >= 15 is 0 Å². The van der Waals surface area contributed by atoms with Crippen molar-refractivity contribution in [1.82, 2.24) is 10.3 Å². The number of rotatable bonds is 6. The number of benzene rings is 1. The van der Waals surface area contributed by atoms with Crippen molar-refractivity contribution in [3.63, 3.8) is 0 Å². The average molecular weight is 294 g/mol. The standard InChI is InChI=1S/C16H20F2N2O/c17-15(18)10-21-9-8-19-14-7-3-5-12-11-4-1-2-6-13(11)20-16(12)14/h1-2,4,6,14-15,19-20H,3,5,7-10H2. The van der Waals surface area contributed by atoms with E-state index in [1.807, 2.05) is 6.07 Å². The van der Waals surface area contributed by atoms with Crippen molar-refractivity contribution in [2.24, 2.45) is 0 Å². The Labute approximate surface area is 122 Å². The van der Waals surface area contributed by atoms with Crippen LogP contribution in [0.2, 0.25) is 0 Å². The Morgan fingerprint density at radius 2 is 2.19 bits per heavy atom. The van der Waals surface area contributed by atoms with Crippen LogP contribution in [0.5, 0.6) is 0 Å². The summed E-state index contributed by atoms with van der Waals surface area (Å²) in [6.07, 6.45) is 0.915. The lowest BCUT2D eigenvalue weighted by Gasteiger charge is -2.24. The molecule has 21 heavy (non-hydrogen) atoms. The van der Waals surface area contributed by atoms with Crippen molar-refractivity contribution < 1.29 is 13.5 Å². The molecule has 2 aromatic rings. The molecule has 114 valence electrons. The van der Waals surface area contributed by atoms with Gasteiger partial charge in [0.1, 0.15) is 6.61 Å². The van der Waals surface area contributed by atoms with Crippen molar-refractivity contribution >= 4 is 10.9 Å². The highest BCUT2D eigenvalue weighted by molar-refractivity contribution is 5.85. The van der Waals surface area contributed by atoms with E-state index in [-0.39, 0.29) is 6.04 Å². The summed E-state index contributed by atoms with van der Waals surface area (Å²) in [6, 6.07) is 8.60. The lowest BCUT2D eigenvalue weighted by atomic mass is 9.92. The zero-order chi connectivity index (χ0) is 14.7. The molecular formula is C16H20F2N2O. The van der Waals surface area contributed by atoms with Gasteiger partial charge in [0.25, 0.3) is 6.43 Å². The van der Waals surface area contributed by atoms with Crippen LogP contribution in [0.1, 0.15) is 30.1 Å². The van der Waals surface area contributed by atoms with E-state index in [0.29, 0.717) is 13.2 Å². The lowest BCUT2D eigenvalue weighted by molar-refractivity contribution is 0.0180. The molecule has 1 aliphatic carbocycles. The maximum Gasteiger partial charge on any atom is 0.261 e. The van der Waals surface area contributed by atoms with Crippen LogP contribution in [-0.4, -0.2) is 31.2 Å². The van der Waals surface area contributed by atoms with Crippen molar-refractivity contribution in [2.75, 3.05) is 19.8 Å². The lowest BCUT2D eigenvalue weighted by Crippen LogP contribution is -2.28. The third kappa shape index (κ3) is 3.24. The van der Waals surface area contributed by atoms with Crippen LogP contribution >= 0.6 is 0 Å². The number of aromatic nitrogens is 1. The van der Waals surface area contributed by atoms with E-state index in [9.17, 15) is 8.78 Å². The minimum absolute atomic E-state index is 0.260. The molecule has 0 spiro atoms. The molecular weight excluding hydrogens is 274 g/mol. The molecule has 0 aliphatic heterocycles. The van der Waals surface area contributed by atoms with E-state index in [1.165, 1.54) is 22.2 Å². The van der Waals surface area contributed by atoms with Gasteiger partial charge >= 0.3 is 0 Å². The van der Waals surface area contributed by atoms with Crippen LogP contribution in [0.15, 0.2) is 24.3 Å². The maximum absolute atomic E-state index is 12.0. The number of fused-ring (bicyclic) bond motifs is 3. The molecule has 1 heterocycles. The first-order chi connectivity index (χ1) is 10.3. The Morgan fingerprint density at radius 1 is 1.33 bits per heavy atom. The van der Waals surface area contributed by atoms with Gasteiger partial charge in [0.05, 0.1) is 6.61 Å². The van der Waals surface area contributed by atoms with Crippen molar-refractivity contribution in [2.45, 2.75) is 31.7 Å². The summed E-state index contributed by atoms with van der Waals surface area (Å²) in [4.78, 5) is 3.50. The van der Waals surface area contributed by atoms with Crippen LogP contribution in [0.3, 0.4) is 0 Å². The van der Waals surface area contributed by atoms with Crippen LogP contribution in [0.4, 0.5) is 8.78 Å². The molecule has 1 atom stereocenters. The smallest absolute Gasteiger partial charge is 0.261 e. The van der Waals surface area contributed by atoms with Gasteiger partial charge in [0.15, 0.2) is 0 Å². The summed E-state index contributed by atoms with van der Waals surface area (Å²) < 4.78 is 28.9. The van der Waals surface area contributed by atoms with Gasteiger partial charge in [-0.25, -0.2) is 8.78 Å². The first-order valence-corrected chi connectivity index (χ1v) is 7.44. The summed E-state index contributed by atoms with van der Waals surface area (Å²) in [5.41, 5.74) is 3.81. The zero-order valence-electron chi connectivity index (χ0n) is 11.9. The Morgan fingerprint density at radius 3 is 3.05 bits per heavy atom. The molecule has 0 saturated carbocycles. The molecule has 3 nitrogen and oxygen atoms in total. The number of para-hydroxylation sites is 1. The molecule has 3 rings (SSSR count). The van der Waals surface area contributed by atoms with Crippen LogP contribution in [0, 0.1) is 0 Å². The Balaban J connectivity index is 1.64. The second-order valence-corrected chi connectivity index (χ2v) is 5.43. The zero-order valence-corrected chi connectivity index (χ0v) is 11.9. The number of aromatic amines is 1. The first kappa shape index (κ1) is 14.5. The highest BCUT2D eigenvalue weighted by Crippen LogP contribution is 2.34. The molecule has 1 aromatic carbocycles. The number of halogens is 2. The Bertz CT molecular complexity index is 597. The molecule has 0 saturated heterocycles. The number of hydrogen-bond acceptors (Lipinski definition) is 2. The second kappa shape index (κ2) is 6.54. The number of ether oxygens (including phenoxy) is 1. The number of H-pyrrole nitrogens is 1. The molecule has 5 heteroatoms. The summed E-state index contributed by atoms with van der Waals surface area (Å²) in [6.45, 7) is 0.423. The molecule has 0 radical (unpaired) electrons. The normalized spacial score (nSPS) is 18.3. The van der Waals surface area contributed by atoms with E-state index in [4.69, 9.17) is 4.74 Å². The van der Waals surface area contributed by atoms with E-state index in [2.05, 4.69) is 28.5 Å². The molecule has 1 unspecified atom stereocenters. The number of aryl methyl sites for hydroxylation is 1. The minimum atomic E-state index is -2.39. The predicted molar refractivity (Wildman–Crippen MR) is 78.8 cm³/mol. The second-order valence-electron chi connectivity index (χ2n) is 5.43. The summed E-state index contributed by atoms with van der Waals surface area (Å²) in [5.74, 6) is 0. The van der Waals surface area contributed by atoms with Gasteiger partial charge in [-0.1, -0.05) is 18.2 Å². The molecule has 1 aliphatic rings. The monoisotopic (exact) mass is 294 g/mol. The van der Waals surface area contributed by atoms with E-state index < -0.39 is 13.0 Å². The summed E-state index contributed by atoms with van der Waals surface area (Å²) in [5, 5.41) is 4.71. The van der Waals surface area contributed by atoms with Gasteiger partial charge < -0.3 is 15.0 Å². The molecule has 0 fully saturated rings.